The Balaban J connectivity index is 2.30. The summed E-state index contributed by atoms with van der Waals surface area (Å²) < 4.78 is 5.22. The molecular weight excluding hydrogens is 168 g/mol. The van der Waals surface area contributed by atoms with Crippen molar-refractivity contribution in [3.63, 3.8) is 0 Å². The van der Waals surface area contributed by atoms with Gasteiger partial charge in [-0.1, -0.05) is 0 Å². The molecule has 0 aromatic carbocycles. The molecule has 78 valence electrons. The first-order valence-corrected chi connectivity index (χ1v) is 4.81. The lowest BCUT2D eigenvalue weighted by Crippen LogP contribution is -2.55. The first-order valence-electron chi connectivity index (χ1n) is 4.81. The summed E-state index contributed by atoms with van der Waals surface area (Å²) in [5.41, 5.74) is 2.58. The van der Waals surface area contributed by atoms with Gasteiger partial charge < -0.3 is 9.84 Å². The van der Waals surface area contributed by atoms with E-state index in [4.69, 9.17) is 4.74 Å². The number of nitrogens with zero attached hydrogens (tertiary/aromatic N) is 1. The van der Waals surface area contributed by atoms with Gasteiger partial charge >= 0.3 is 0 Å². The molecule has 4 heteroatoms. The van der Waals surface area contributed by atoms with Crippen molar-refractivity contribution >= 4 is 0 Å². The lowest BCUT2D eigenvalue weighted by atomic mass is 10.0. The minimum absolute atomic E-state index is 0.0607. The summed E-state index contributed by atoms with van der Waals surface area (Å²) in [7, 11) is 0. The maximum absolute atomic E-state index is 9.70. The van der Waals surface area contributed by atoms with E-state index in [1.165, 1.54) is 0 Å². The molecule has 1 fully saturated rings. The Bertz CT molecular complexity index is 150. The van der Waals surface area contributed by atoms with Crippen LogP contribution in [0.4, 0.5) is 0 Å². The average molecular weight is 188 g/mol. The quantitative estimate of drug-likeness (QED) is 0.653. The molecule has 0 amide bonds. The molecule has 1 unspecified atom stereocenters. The highest BCUT2D eigenvalue weighted by Crippen LogP contribution is 2.08. The zero-order valence-corrected chi connectivity index (χ0v) is 8.71. The Morgan fingerprint density at radius 3 is 2.38 bits per heavy atom. The van der Waals surface area contributed by atoms with Gasteiger partial charge in [-0.3, -0.25) is 0 Å². The first-order chi connectivity index (χ1) is 6.00. The standard InChI is InChI=1S/C9H20N2O2/c1-8(9(2,3)12)10-11-4-6-13-7-5-11/h8,10,12H,4-7H2,1-3H3. The van der Waals surface area contributed by atoms with Crippen molar-refractivity contribution in [2.24, 2.45) is 0 Å². The molecule has 13 heavy (non-hydrogen) atoms. The molecule has 0 bridgehead atoms. The van der Waals surface area contributed by atoms with Crippen LogP contribution in [0.25, 0.3) is 0 Å². The number of aliphatic hydroxyl groups is 1. The van der Waals surface area contributed by atoms with Crippen molar-refractivity contribution in [3.8, 4) is 0 Å². The van der Waals surface area contributed by atoms with Crippen LogP contribution in [0.2, 0.25) is 0 Å². The highest BCUT2D eigenvalue weighted by molar-refractivity contribution is 4.79. The van der Waals surface area contributed by atoms with Crippen LogP contribution in [-0.4, -0.2) is 48.1 Å². The molecular formula is C9H20N2O2. The van der Waals surface area contributed by atoms with Crippen molar-refractivity contribution in [2.75, 3.05) is 26.3 Å². The highest BCUT2D eigenvalue weighted by atomic mass is 16.5. The monoisotopic (exact) mass is 188 g/mol. The maximum Gasteiger partial charge on any atom is 0.0754 e. The van der Waals surface area contributed by atoms with E-state index < -0.39 is 5.60 Å². The molecule has 0 aromatic heterocycles. The predicted molar refractivity (Wildman–Crippen MR) is 51.3 cm³/mol. The van der Waals surface area contributed by atoms with E-state index in [1.807, 2.05) is 20.8 Å². The van der Waals surface area contributed by atoms with Crippen LogP contribution in [0.3, 0.4) is 0 Å². The van der Waals surface area contributed by atoms with Gasteiger partial charge in [0.1, 0.15) is 0 Å². The molecule has 1 aliphatic rings. The summed E-state index contributed by atoms with van der Waals surface area (Å²) in [5.74, 6) is 0. The third kappa shape index (κ3) is 3.60. The van der Waals surface area contributed by atoms with Crippen molar-refractivity contribution in [1.82, 2.24) is 10.4 Å². The van der Waals surface area contributed by atoms with E-state index in [1.54, 1.807) is 0 Å². The number of morpholine rings is 1. The van der Waals surface area contributed by atoms with Crippen molar-refractivity contribution in [2.45, 2.75) is 32.4 Å². The van der Waals surface area contributed by atoms with Crippen LogP contribution in [0, 0.1) is 0 Å². The largest absolute Gasteiger partial charge is 0.389 e. The van der Waals surface area contributed by atoms with Crippen LogP contribution in [0.1, 0.15) is 20.8 Å². The number of hydrazine groups is 1. The molecule has 0 saturated carbocycles. The zero-order valence-electron chi connectivity index (χ0n) is 8.71. The summed E-state index contributed by atoms with van der Waals surface area (Å²) in [5, 5.41) is 11.8. The molecule has 1 aliphatic heterocycles. The third-order valence-electron chi connectivity index (χ3n) is 2.45. The second kappa shape index (κ2) is 4.37. The summed E-state index contributed by atoms with van der Waals surface area (Å²) in [4.78, 5) is 0. The number of hydrogen-bond donors (Lipinski definition) is 2. The third-order valence-corrected chi connectivity index (χ3v) is 2.45. The number of ether oxygens (including phenoxy) is 1. The van der Waals surface area contributed by atoms with Gasteiger partial charge in [-0.25, -0.2) is 10.4 Å². The lowest BCUT2D eigenvalue weighted by molar-refractivity contribution is -0.0329. The van der Waals surface area contributed by atoms with E-state index >= 15 is 0 Å². The Morgan fingerprint density at radius 1 is 1.38 bits per heavy atom. The second-order valence-corrected chi connectivity index (χ2v) is 4.10. The molecule has 1 heterocycles. The van der Waals surface area contributed by atoms with Crippen molar-refractivity contribution in [3.05, 3.63) is 0 Å². The van der Waals surface area contributed by atoms with E-state index in [0.717, 1.165) is 26.3 Å². The number of hydrogen-bond acceptors (Lipinski definition) is 4. The Kier molecular flexibility index (Phi) is 3.67. The lowest BCUT2D eigenvalue weighted by Gasteiger charge is -2.35. The zero-order chi connectivity index (χ0) is 9.90. The van der Waals surface area contributed by atoms with Crippen molar-refractivity contribution in [1.29, 1.82) is 0 Å². The van der Waals surface area contributed by atoms with Gasteiger partial charge in [0.15, 0.2) is 0 Å². The van der Waals surface area contributed by atoms with E-state index in [0.29, 0.717) is 0 Å². The summed E-state index contributed by atoms with van der Waals surface area (Å²) in [6.07, 6.45) is 0. The topological polar surface area (TPSA) is 44.7 Å². The van der Waals surface area contributed by atoms with E-state index in [-0.39, 0.29) is 6.04 Å². The fourth-order valence-corrected chi connectivity index (χ4v) is 1.12. The second-order valence-electron chi connectivity index (χ2n) is 4.10. The Labute approximate surface area is 79.8 Å². The van der Waals surface area contributed by atoms with Gasteiger partial charge in [-0.2, -0.15) is 0 Å². The number of nitrogens with one attached hydrogen (secondary N) is 1. The van der Waals surface area contributed by atoms with Gasteiger partial charge in [0.05, 0.1) is 18.8 Å². The predicted octanol–water partition coefficient (Wildman–Crippen LogP) is -0.0174. The molecule has 0 aliphatic carbocycles. The molecule has 4 nitrogen and oxygen atoms in total. The highest BCUT2D eigenvalue weighted by Gasteiger charge is 2.24. The van der Waals surface area contributed by atoms with Crippen LogP contribution in [0.5, 0.6) is 0 Å². The van der Waals surface area contributed by atoms with Crippen LogP contribution < -0.4 is 5.43 Å². The van der Waals surface area contributed by atoms with Crippen LogP contribution in [0.15, 0.2) is 0 Å². The fourth-order valence-electron chi connectivity index (χ4n) is 1.12. The molecule has 0 aromatic rings. The summed E-state index contributed by atoms with van der Waals surface area (Å²) in [6, 6.07) is 0.0607. The van der Waals surface area contributed by atoms with Crippen LogP contribution >= 0.6 is 0 Å². The van der Waals surface area contributed by atoms with Gasteiger partial charge in [0.25, 0.3) is 0 Å². The van der Waals surface area contributed by atoms with E-state index in [2.05, 4.69) is 10.4 Å². The SMILES string of the molecule is CC(NN1CCOCC1)C(C)(C)O. The Hall–Kier alpha value is -0.160. The van der Waals surface area contributed by atoms with Gasteiger partial charge in [0, 0.05) is 19.1 Å². The molecule has 0 spiro atoms. The molecule has 1 rings (SSSR count). The fraction of sp³-hybridized carbons (Fsp3) is 1.00. The average Bonchev–Trinajstić information content (AvgIpc) is 2.04. The smallest absolute Gasteiger partial charge is 0.0754 e. The van der Waals surface area contributed by atoms with Gasteiger partial charge in [-0.15, -0.1) is 0 Å². The summed E-state index contributed by atoms with van der Waals surface area (Å²) >= 11 is 0. The van der Waals surface area contributed by atoms with Gasteiger partial charge in [-0.05, 0) is 20.8 Å². The van der Waals surface area contributed by atoms with Gasteiger partial charge in [0.2, 0.25) is 0 Å². The normalized spacial score (nSPS) is 23.1. The minimum atomic E-state index is -0.682. The molecule has 1 atom stereocenters. The molecule has 0 radical (unpaired) electrons. The Morgan fingerprint density at radius 2 is 1.92 bits per heavy atom. The number of rotatable bonds is 3. The summed E-state index contributed by atoms with van der Waals surface area (Å²) in [6.45, 7) is 8.92. The molecule has 1 saturated heterocycles. The van der Waals surface area contributed by atoms with E-state index in [9.17, 15) is 5.11 Å². The minimum Gasteiger partial charge on any atom is -0.389 e. The first kappa shape index (κ1) is 10.9. The van der Waals surface area contributed by atoms with Crippen LogP contribution in [-0.2, 0) is 4.74 Å². The molecule has 2 N–H and O–H groups in total. The maximum atomic E-state index is 9.70. The van der Waals surface area contributed by atoms with Crippen molar-refractivity contribution < 1.29 is 9.84 Å².